The van der Waals surface area contributed by atoms with E-state index in [1.807, 2.05) is 42.5 Å². The Balaban J connectivity index is 2.14. The summed E-state index contributed by atoms with van der Waals surface area (Å²) in [5.74, 6) is -0.766. The molecule has 0 spiro atoms. The molecule has 18 heavy (non-hydrogen) atoms. The van der Waals surface area contributed by atoms with Crippen molar-refractivity contribution in [3.63, 3.8) is 0 Å². The number of carbonyl (C=O) groups is 1. The molecular formula is C14H16N2O2. The Morgan fingerprint density at radius 2 is 2.11 bits per heavy atom. The minimum absolute atomic E-state index is 0.161. The molecule has 1 N–H and O–H groups in total. The molecule has 94 valence electrons. The van der Waals surface area contributed by atoms with Gasteiger partial charge in [-0.15, -0.1) is 0 Å². The number of pyridine rings is 1. The Bertz CT molecular complexity index is 549. The van der Waals surface area contributed by atoms with Gasteiger partial charge in [0.05, 0.1) is 6.42 Å². The largest absolute Gasteiger partial charge is 0.481 e. The molecule has 0 saturated heterocycles. The normalized spacial score (nSPS) is 11.0. The van der Waals surface area contributed by atoms with Crippen molar-refractivity contribution in [2.75, 3.05) is 13.6 Å². The summed E-state index contributed by atoms with van der Waals surface area (Å²) in [5, 5.41) is 10.9. The summed E-state index contributed by atoms with van der Waals surface area (Å²) in [4.78, 5) is 16.7. The second-order valence-corrected chi connectivity index (χ2v) is 4.40. The van der Waals surface area contributed by atoms with Crippen molar-refractivity contribution in [1.29, 1.82) is 0 Å². The van der Waals surface area contributed by atoms with E-state index in [2.05, 4.69) is 11.1 Å². The van der Waals surface area contributed by atoms with Gasteiger partial charge in [-0.05, 0) is 18.0 Å². The van der Waals surface area contributed by atoms with Crippen LogP contribution in [0.1, 0.15) is 12.0 Å². The lowest BCUT2D eigenvalue weighted by atomic mass is 10.1. The molecule has 0 saturated carbocycles. The first-order valence-corrected chi connectivity index (χ1v) is 5.89. The van der Waals surface area contributed by atoms with Crippen LogP contribution in [0.25, 0.3) is 10.8 Å². The highest BCUT2D eigenvalue weighted by atomic mass is 16.4. The van der Waals surface area contributed by atoms with Crippen LogP contribution in [-0.2, 0) is 11.3 Å². The van der Waals surface area contributed by atoms with Gasteiger partial charge in [-0.25, -0.2) is 0 Å². The summed E-state index contributed by atoms with van der Waals surface area (Å²) in [6.45, 7) is 1.25. The van der Waals surface area contributed by atoms with Gasteiger partial charge in [0.15, 0.2) is 0 Å². The summed E-state index contributed by atoms with van der Waals surface area (Å²) in [6, 6.07) is 8.09. The lowest BCUT2D eigenvalue weighted by molar-refractivity contribution is -0.137. The number of carboxylic acids is 1. The van der Waals surface area contributed by atoms with Gasteiger partial charge in [-0.3, -0.25) is 9.78 Å². The van der Waals surface area contributed by atoms with Gasteiger partial charge in [-0.1, -0.05) is 24.3 Å². The van der Waals surface area contributed by atoms with Gasteiger partial charge in [0.1, 0.15) is 0 Å². The maximum Gasteiger partial charge on any atom is 0.304 e. The van der Waals surface area contributed by atoms with Crippen molar-refractivity contribution in [2.45, 2.75) is 13.0 Å². The number of benzene rings is 1. The lowest BCUT2D eigenvalue weighted by Gasteiger charge is -2.16. The number of rotatable bonds is 5. The fourth-order valence-corrected chi connectivity index (χ4v) is 1.96. The number of carboxylic acid groups (broad SMARTS) is 1. The third kappa shape index (κ3) is 3.05. The molecule has 0 atom stereocenters. The van der Waals surface area contributed by atoms with E-state index >= 15 is 0 Å². The smallest absolute Gasteiger partial charge is 0.304 e. The highest BCUT2D eigenvalue weighted by Crippen LogP contribution is 2.18. The van der Waals surface area contributed by atoms with E-state index < -0.39 is 5.97 Å². The molecule has 1 aromatic heterocycles. The molecule has 0 amide bonds. The summed E-state index contributed by atoms with van der Waals surface area (Å²) in [5.41, 5.74) is 1.13. The third-order valence-corrected chi connectivity index (χ3v) is 2.90. The van der Waals surface area contributed by atoms with Crippen molar-refractivity contribution in [3.05, 3.63) is 42.2 Å². The Hall–Kier alpha value is -1.94. The van der Waals surface area contributed by atoms with E-state index in [1.165, 1.54) is 5.39 Å². The molecule has 0 aliphatic rings. The van der Waals surface area contributed by atoms with Gasteiger partial charge in [0.25, 0.3) is 0 Å². The molecule has 0 bridgehead atoms. The molecule has 1 heterocycles. The fourth-order valence-electron chi connectivity index (χ4n) is 1.96. The zero-order chi connectivity index (χ0) is 13.0. The Kier molecular flexibility index (Phi) is 3.89. The van der Waals surface area contributed by atoms with Crippen LogP contribution in [0.5, 0.6) is 0 Å². The molecule has 0 radical (unpaired) electrons. The minimum Gasteiger partial charge on any atom is -0.481 e. The van der Waals surface area contributed by atoms with Crippen LogP contribution in [0.2, 0.25) is 0 Å². The number of aromatic nitrogens is 1. The minimum atomic E-state index is -0.766. The summed E-state index contributed by atoms with van der Waals surface area (Å²) >= 11 is 0. The van der Waals surface area contributed by atoms with Crippen LogP contribution in [0.4, 0.5) is 0 Å². The average molecular weight is 244 g/mol. The quantitative estimate of drug-likeness (QED) is 0.875. The van der Waals surface area contributed by atoms with Gasteiger partial charge < -0.3 is 10.0 Å². The molecule has 0 aliphatic carbocycles. The number of aliphatic carboxylic acids is 1. The summed E-state index contributed by atoms with van der Waals surface area (Å²) in [6.07, 6.45) is 3.85. The van der Waals surface area contributed by atoms with Gasteiger partial charge in [-0.2, -0.15) is 0 Å². The Labute approximate surface area is 106 Å². The van der Waals surface area contributed by atoms with E-state index in [9.17, 15) is 4.79 Å². The molecule has 0 fully saturated rings. The van der Waals surface area contributed by atoms with Crippen LogP contribution < -0.4 is 0 Å². The van der Waals surface area contributed by atoms with Crippen LogP contribution in [0.15, 0.2) is 36.7 Å². The highest BCUT2D eigenvalue weighted by molar-refractivity contribution is 5.84. The molecule has 4 nitrogen and oxygen atoms in total. The van der Waals surface area contributed by atoms with Crippen molar-refractivity contribution < 1.29 is 9.90 Å². The van der Waals surface area contributed by atoms with Crippen LogP contribution in [-0.4, -0.2) is 34.6 Å². The van der Waals surface area contributed by atoms with E-state index in [-0.39, 0.29) is 6.42 Å². The van der Waals surface area contributed by atoms with E-state index in [4.69, 9.17) is 5.11 Å². The second-order valence-electron chi connectivity index (χ2n) is 4.40. The molecule has 0 aliphatic heterocycles. The number of hydrogen-bond donors (Lipinski definition) is 1. The standard InChI is InChI=1S/C14H16N2O2/c1-16(7-6-14(17)18)10-12-9-15-8-11-4-2-3-5-13(11)12/h2-5,8-9H,6-7,10H2,1H3,(H,17,18). The summed E-state index contributed by atoms with van der Waals surface area (Å²) in [7, 11) is 1.92. The fraction of sp³-hybridized carbons (Fsp3) is 0.286. The van der Waals surface area contributed by atoms with Crippen molar-refractivity contribution in [3.8, 4) is 0 Å². The zero-order valence-electron chi connectivity index (χ0n) is 10.3. The molecule has 2 rings (SSSR count). The number of fused-ring (bicyclic) bond motifs is 1. The third-order valence-electron chi connectivity index (χ3n) is 2.90. The maximum atomic E-state index is 10.5. The average Bonchev–Trinajstić information content (AvgIpc) is 2.37. The monoisotopic (exact) mass is 244 g/mol. The van der Waals surface area contributed by atoms with E-state index in [0.29, 0.717) is 13.1 Å². The topological polar surface area (TPSA) is 53.4 Å². The van der Waals surface area contributed by atoms with Gasteiger partial charge >= 0.3 is 5.97 Å². The summed E-state index contributed by atoms with van der Waals surface area (Å²) < 4.78 is 0. The number of hydrogen-bond acceptors (Lipinski definition) is 3. The second kappa shape index (κ2) is 5.60. The first-order valence-electron chi connectivity index (χ1n) is 5.89. The molecule has 1 aromatic carbocycles. The molecule has 0 unspecified atom stereocenters. The van der Waals surface area contributed by atoms with Crippen molar-refractivity contribution >= 4 is 16.7 Å². The SMILES string of the molecule is CN(CCC(=O)O)Cc1cncc2ccccc12. The van der Waals surface area contributed by atoms with E-state index in [0.717, 1.165) is 10.9 Å². The van der Waals surface area contributed by atoms with Crippen molar-refractivity contribution in [1.82, 2.24) is 9.88 Å². The van der Waals surface area contributed by atoms with Crippen molar-refractivity contribution in [2.24, 2.45) is 0 Å². The van der Waals surface area contributed by atoms with Gasteiger partial charge in [0, 0.05) is 30.9 Å². The van der Waals surface area contributed by atoms with Crippen LogP contribution >= 0.6 is 0 Å². The Morgan fingerprint density at radius 3 is 2.89 bits per heavy atom. The predicted octanol–water partition coefficient (Wildman–Crippen LogP) is 2.14. The van der Waals surface area contributed by atoms with Gasteiger partial charge in [0.2, 0.25) is 0 Å². The molecule has 4 heteroatoms. The zero-order valence-corrected chi connectivity index (χ0v) is 10.3. The van der Waals surface area contributed by atoms with Crippen LogP contribution in [0.3, 0.4) is 0 Å². The molecule has 2 aromatic rings. The predicted molar refractivity (Wildman–Crippen MR) is 70.3 cm³/mol. The first kappa shape index (κ1) is 12.5. The first-order chi connectivity index (χ1) is 8.66. The highest BCUT2D eigenvalue weighted by Gasteiger charge is 2.06. The Morgan fingerprint density at radius 1 is 1.33 bits per heavy atom. The molecular weight excluding hydrogens is 228 g/mol. The number of nitrogens with zero attached hydrogens (tertiary/aromatic N) is 2. The van der Waals surface area contributed by atoms with Crippen LogP contribution in [0, 0.1) is 0 Å². The maximum absolute atomic E-state index is 10.5. The lowest BCUT2D eigenvalue weighted by Crippen LogP contribution is -2.21. The van der Waals surface area contributed by atoms with E-state index in [1.54, 1.807) is 0 Å².